The molecule has 1 aliphatic heterocycles. The summed E-state index contributed by atoms with van der Waals surface area (Å²) in [5.41, 5.74) is 0.197. The molecule has 0 unspecified atom stereocenters. The maximum atomic E-state index is 13.0. The van der Waals surface area contributed by atoms with Crippen molar-refractivity contribution >= 4 is 29.1 Å². The van der Waals surface area contributed by atoms with Crippen LogP contribution >= 0.6 is 11.6 Å². The smallest absolute Gasteiger partial charge is 0.325 e. The van der Waals surface area contributed by atoms with Crippen molar-refractivity contribution in [3.63, 3.8) is 0 Å². The molecule has 6 nitrogen and oxygen atoms in total. The first-order valence-corrected chi connectivity index (χ1v) is 11.7. The molecule has 1 fully saturated rings. The van der Waals surface area contributed by atoms with E-state index in [1.807, 2.05) is 16.7 Å². The molecular weight excluding hydrogens is 457 g/mol. The first kappa shape index (κ1) is 25.5. The van der Waals surface area contributed by atoms with Crippen LogP contribution in [-0.2, 0) is 15.8 Å². The van der Waals surface area contributed by atoms with E-state index < -0.39 is 22.7 Å². The number of benzene rings is 1. The summed E-state index contributed by atoms with van der Waals surface area (Å²) in [6, 6.07) is 3.31. The van der Waals surface area contributed by atoms with Crippen LogP contribution in [0, 0.1) is 0 Å². The summed E-state index contributed by atoms with van der Waals surface area (Å²) in [5.74, 6) is -0.295. The topological polar surface area (TPSA) is 55.9 Å². The van der Waals surface area contributed by atoms with Gasteiger partial charge in [0.1, 0.15) is 0 Å². The summed E-state index contributed by atoms with van der Waals surface area (Å²) in [5, 5.41) is 2.10. The van der Waals surface area contributed by atoms with Crippen LogP contribution in [0.2, 0.25) is 5.02 Å². The second-order valence-corrected chi connectivity index (χ2v) is 8.78. The summed E-state index contributed by atoms with van der Waals surface area (Å²) in [4.78, 5) is 31.0. The number of halogens is 4. The molecule has 1 saturated heterocycles. The number of nitrogens with one attached hydrogen (secondary N) is 1. The number of amides is 2. The minimum Gasteiger partial charge on any atom is -0.325 e. The van der Waals surface area contributed by atoms with E-state index in [1.54, 1.807) is 0 Å². The highest BCUT2D eigenvalue weighted by Gasteiger charge is 2.33. The van der Waals surface area contributed by atoms with Gasteiger partial charge >= 0.3 is 6.18 Å². The van der Waals surface area contributed by atoms with Gasteiger partial charge in [0.05, 0.1) is 23.7 Å². The van der Waals surface area contributed by atoms with Crippen molar-refractivity contribution in [3.05, 3.63) is 40.6 Å². The van der Waals surface area contributed by atoms with E-state index in [-0.39, 0.29) is 18.1 Å². The quantitative estimate of drug-likeness (QED) is 0.627. The number of piperazine rings is 1. The SMILES string of the molecule is CCN(C(=O)CN1CCN(CC(=O)Nc2ccc(Cl)c(C(F)(F)F)c2)CC1)C1=CCCCC1. The Labute approximate surface area is 197 Å². The summed E-state index contributed by atoms with van der Waals surface area (Å²) >= 11 is 5.62. The Morgan fingerprint density at radius 3 is 2.33 bits per heavy atom. The fourth-order valence-electron chi connectivity index (χ4n) is 4.21. The molecule has 0 aromatic heterocycles. The van der Waals surface area contributed by atoms with Gasteiger partial charge in [-0.15, -0.1) is 0 Å². The van der Waals surface area contributed by atoms with Crippen LogP contribution in [0.4, 0.5) is 18.9 Å². The molecule has 0 spiro atoms. The number of anilines is 1. The molecule has 1 aliphatic carbocycles. The average Bonchev–Trinajstić information content (AvgIpc) is 2.77. The zero-order valence-electron chi connectivity index (χ0n) is 18.8. The number of rotatable bonds is 7. The van der Waals surface area contributed by atoms with E-state index >= 15 is 0 Å². The van der Waals surface area contributed by atoms with Crippen LogP contribution in [0.1, 0.15) is 38.2 Å². The van der Waals surface area contributed by atoms with Crippen LogP contribution in [-0.4, -0.2) is 72.3 Å². The van der Waals surface area contributed by atoms with Gasteiger partial charge in [-0.05, 0) is 50.8 Å². The van der Waals surface area contributed by atoms with Crippen molar-refractivity contribution in [1.82, 2.24) is 14.7 Å². The molecule has 3 rings (SSSR count). The van der Waals surface area contributed by atoms with E-state index in [1.165, 1.54) is 12.5 Å². The van der Waals surface area contributed by atoms with Gasteiger partial charge in [0.15, 0.2) is 0 Å². The monoisotopic (exact) mass is 486 g/mol. The third-order valence-corrected chi connectivity index (χ3v) is 6.31. The van der Waals surface area contributed by atoms with E-state index in [0.29, 0.717) is 39.3 Å². The fourth-order valence-corrected chi connectivity index (χ4v) is 4.44. The predicted molar refractivity (Wildman–Crippen MR) is 122 cm³/mol. The van der Waals surface area contributed by atoms with Crippen LogP contribution in [0.25, 0.3) is 0 Å². The number of carbonyl (C=O) groups is 2. The molecule has 33 heavy (non-hydrogen) atoms. The van der Waals surface area contributed by atoms with Gasteiger partial charge in [-0.3, -0.25) is 19.4 Å². The van der Waals surface area contributed by atoms with Crippen LogP contribution in [0.15, 0.2) is 30.0 Å². The van der Waals surface area contributed by atoms with Gasteiger partial charge in [-0.25, -0.2) is 0 Å². The highest BCUT2D eigenvalue weighted by molar-refractivity contribution is 6.31. The Morgan fingerprint density at radius 1 is 1.09 bits per heavy atom. The van der Waals surface area contributed by atoms with Gasteiger partial charge in [0, 0.05) is 44.1 Å². The summed E-state index contributed by atoms with van der Waals surface area (Å²) < 4.78 is 39.0. The normalized spacial score (nSPS) is 18.0. The molecule has 10 heteroatoms. The van der Waals surface area contributed by atoms with Crippen LogP contribution in [0.5, 0.6) is 0 Å². The zero-order valence-corrected chi connectivity index (χ0v) is 19.5. The van der Waals surface area contributed by atoms with Crippen molar-refractivity contribution in [1.29, 1.82) is 0 Å². The Morgan fingerprint density at radius 2 is 1.76 bits per heavy atom. The maximum Gasteiger partial charge on any atom is 0.417 e. The number of hydrogen-bond donors (Lipinski definition) is 1. The lowest BCUT2D eigenvalue weighted by molar-refractivity contribution is -0.137. The fraction of sp³-hybridized carbons (Fsp3) is 0.565. The van der Waals surface area contributed by atoms with E-state index in [2.05, 4.69) is 16.3 Å². The number of hydrogen-bond acceptors (Lipinski definition) is 4. The van der Waals surface area contributed by atoms with Gasteiger partial charge in [-0.2, -0.15) is 13.2 Å². The van der Waals surface area contributed by atoms with Gasteiger partial charge in [0.25, 0.3) is 0 Å². The first-order valence-electron chi connectivity index (χ1n) is 11.3. The van der Waals surface area contributed by atoms with Crippen molar-refractivity contribution in [2.45, 2.75) is 38.8 Å². The molecule has 1 aromatic carbocycles. The Bertz CT molecular complexity index is 883. The lowest BCUT2D eigenvalue weighted by atomic mass is 10.0. The molecule has 2 aliphatic rings. The lowest BCUT2D eigenvalue weighted by Crippen LogP contribution is -2.51. The summed E-state index contributed by atoms with van der Waals surface area (Å²) in [7, 11) is 0. The van der Waals surface area contributed by atoms with Crippen molar-refractivity contribution < 1.29 is 22.8 Å². The summed E-state index contributed by atoms with van der Waals surface area (Å²) in [6.07, 6.45) is 1.83. The molecular formula is C23H30ClF3N4O2. The van der Waals surface area contributed by atoms with Crippen molar-refractivity contribution in [2.75, 3.05) is 51.1 Å². The number of alkyl halides is 3. The highest BCUT2D eigenvalue weighted by Crippen LogP contribution is 2.36. The second kappa shape index (κ2) is 11.4. The lowest BCUT2D eigenvalue weighted by Gasteiger charge is -2.35. The molecule has 1 N–H and O–H groups in total. The van der Waals surface area contributed by atoms with Gasteiger partial charge in [-0.1, -0.05) is 17.7 Å². The van der Waals surface area contributed by atoms with Gasteiger partial charge in [0.2, 0.25) is 11.8 Å². The van der Waals surface area contributed by atoms with Gasteiger partial charge < -0.3 is 10.2 Å². The second-order valence-electron chi connectivity index (χ2n) is 8.37. The molecule has 1 heterocycles. The third-order valence-electron chi connectivity index (χ3n) is 5.98. The molecule has 0 saturated carbocycles. The van der Waals surface area contributed by atoms with Crippen molar-refractivity contribution in [2.24, 2.45) is 0 Å². The highest BCUT2D eigenvalue weighted by atomic mass is 35.5. The molecule has 0 bridgehead atoms. The molecule has 0 atom stereocenters. The molecule has 0 radical (unpaired) electrons. The Balaban J connectivity index is 1.46. The van der Waals surface area contributed by atoms with E-state index in [4.69, 9.17) is 11.6 Å². The molecule has 1 aromatic rings. The van der Waals surface area contributed by atoms with Crippen LogP contribution < -0.4 is 5.32 Å². The minimum atomic E-state index is -4.59. The average molecular weight is 487 g/mol. The number of allylic oxidation sites excluding steroid dienone is 2. The number of likely N-dealkylation sites (N-methyl/N-ethyl adjacent to an activating group) is 1. The third kappa shape index (κ3) is 7.19. The Kier molecular flexibility index (Phi) is 8.78. The maximum absolute atomic E-state index is 13.0. The van der Waals surface area contributed by atoms with E-state index in [0.717, 1.165) is 37.1 Å². The number of nitrogens with zero attached hydrogens (tertiary/aromatic N) is 3. The largest absolute Gasteiger partial charge is 0.417 e. The van der Waals surface area contributed by atoms with E-state index in [9.17, 15) is 22.8 Å². The molecule has 2 amide bonds. The van der Waals surface area contributed by atoms with Crippen LogP contribution in [0.3, 0.4) is 0 Å². The standard InChI is InChI=1S/C23H30ClF3N4O2/c1-2-31(18-6-4-3-5-7-18)22(33)16-30-12-10-29(11-13-30)15-21(32)28-17-8-9-20(24)19(14-17)23(25,26)27/h6,8-9,14H,2-5,7,10-13,15-16H2,1H3,(H,28,32). The summed E-state index contributed by atoms with van der Waals surface area (Å²) in [6.45, 7) is 5.56. The molecule has 182 valence electrons. The van der Waals surface area contributed by atoms with Crippen molar-refractivity contribution in [3.8, 4) is 0 Å². The minimum absolute atomic E-state index is 0.0534. The zero-order chi connectivity index (χ0) is 24.0. The predicted octanol–water partition coefficient (Wildman–Crippen LogP) is 4.22. The Hall–Kier alpha value is -2.10. The number of carbonyl (C=O) groups excluding carboxylic acids is 2. The first-order chi connectivity index (χ1) is 15.7.